The maximum absolute atomic E-state index is 12.1. The lowest BCUT2D eigenvalue weighted by Gasteiger charge is -2.18. The van der Waals surface area contributed by atoms with E-state index < -0.39 is 0 Å². The van der Waals surface area contributed by atoms with Gasteiger partial charge in [-0.2, -0.15) is 5.26 Å². The lowest BCUT2D eigenvalue weighted by molar-refractivity contribution is -0.111. The van der Waals surface area contributed by atoms with Crippen LogP contribution in [0.3, 0.4) is 0 Å². The van der Waals surface area contributed by atoms with E-state index in [4.69, 9.17) is 0 Å². The Balaban J connectivity index is 2.09. The Hall–Kier alpha value is -2.38. The summed E-state index contributed by atoms with van der Waals surface area (Å²) in [5.41, 5.74) is 3.82. The minimum Gasteiger partial charge on any atom is -0.313 e. The highest BCUT2D eigenvalue weighted by atomic mass is 32.1. The van der Waals surface area contributed by atoms with Gasteiger partial charge >= 0.3 is 0 Å². The van der Waals surface area contributed by atoms with Gasteiger partial charge in [0, 0.05) is 11.0 Å². The van der Waals surface area contributed by atoms with Gasteiger partial charge in [-0.25, -0.2) is 0 Å². The second-order valence-corrected chi connectivity index (χ2v) is 8.02. The molecule has 0 atom stereocenters. The molecular weight excluding hydrogens is 316 g/mol. The van der Waals surface area contributed by atoms with Crippen LogP contribution in [0.15, 0.2) is 30.3 Å². The van der Waals surface area contributed by atoms with Gasteiger partial charge in [0.05, 0.1) is 5.56 Å². The Morgan fingerprint density at radius 2 is 1.83 bits per heavy atom. The molecule has 0 fully saturated rings. The number of anilines is 1. The number of amides is 1. The first kappa shape index (κ1) is 18.0. The molecule has 0 aliphatic rings. The highest BCUT2D eigenvalue weighted by Gasteiger charge is 2.14. The molecule has 1 aromatic heterocycles. The van der Waals surface area contributed by atoms with E-state index in [1.165, 1.54) is 23.0 Å². The largest absolute Gasteiger partial charge is 0.313 e. The molecule has 3 nitrogen and oxygen atoms in total. The molecule has 1 aromatic carbocycles. The molecular formula is C20H22N2OS. The topological polar surface area (TPSA) is 52.9 Å². The number of carbonyl (C=O) groups excluding carboxylic acids is 1. The second kappa shape index (κ2) is 7.02. The molecule has 0 aliphatic carbocycles. The van der Waals surface area contributed by atoms with E-state index in [9.17, 15) is 10.1 Å². The number of rotatable bonds is 3. The molecule has 24 heavy (non-hydrogen) atoms. The molecule has 0 bridgehead atoms. The average Bonchev–Trinajstić information content (AvgIpc) is 2.78. The molecule has 0 saturated heterocycles. The lowest BCUT2D eigenvalue weighted by Crippen LogP contribution is -2.10. The summed E-state index contributed by atoms with van der Waals surface area (Å²) >= 11 is 1.43. The smallest absolute Gasteiger partial charge is 0.249 e. The van der Waals surface area contributed by atoms with E-state index in [-0.39, 0.29) is 11.3 Å². The van der Waals surface area contributed by atoms with Crippen molar-refractivity contribution >= 4 is 28.3 Å². The van der Waals surface area contributed by atoms with Crippen LogP contribution in [0.25, 0.3) is 6.08 Å². The molecule has 0 spiro atoms. The molecule has 124 valence electrons. The molecule has 2 rings (SSSR count). The fourth-order valence-corrected chi connectivity index (χ4v) is 3.28. The fourth-order valence-electron chi connectivity index (χ4n) is 2.27. The van der Waals surface area contributed by atoms with Crippen molar-refractivity contribution in [1.82, 2.24) is 0 Å². The molecule has 4 heteroatoms. The van der Waals surface area contributed by atoms with E-state index in [1.807, 2.05) is 26.0 Å². The van der Waals surface area contributed by atoms with Gasteiger partial charge in [0.15, 0.2) is 0 Å². The third-order valence-electron chi connectivity index (χ3n) is 3.94. The first-order valence-corrected chi connectivity index (χ1v) is 8.63. The van der Waals surface area contributed by atoms with Crippen molar-refractivity contribution in [3.05, 3.63) is 57.5 Å². The minimum absolute atomic E-state index is 0.113. The monoisotopic (exact) mass is 338 g/mol. The van der Waals surface area contributed by atoms with Crippen LogP contribution in [0.5, 0.6) is 0 Å². The van der Waals surface area contributed by atoms with Gasteiger partial charge in [-0.3, -0.25) is 4.79 Å². The number of aryl methyl sites for hydroxylation is 1. The molecule has 0 radical (unpaired) electrons. The predicted octanol–water partition coefficient (Wildman–Crippen LogP) is 5.19. The van der Waals surface area contributed by atoms with E-state index in [0.717, 1.165) is 16.0 Å². The van der Waals surface area contributed by atoms with E-state index in [0.29, 0.717) is 10.6 Å². The van der Waals surface area contributed by atoms with Crippen LogP contribution in [0.4, 0.5) is 5.00 Å². The van der Waals surface area contributed by atoms with Crippen LogP contribution < -0.4 is 5.32 Å². The van der Waals surface area contributed by atoms with Gasteiger partial charge in [0.2, 0.25) is 5.91 Å². The Bertz CT molecular complexity index is 815. The number of hydrogen-bond donors (Lipinski definition) is 1. The van der Waals surface area contributed by atoms with Crippen molar-refractivity contribution in [3.63, 3.8) is 0 Å². The fraction of sp³-hybridized carbons (Fsp3) is 0.300. The van der Waals surface area contributed by atoms with Crippen molar-refractivity contribution in [2.45, 2.75) is 40.0 Å². The summed E-state index contributed by atoms with van der Waals surface area (Å²) in [6, 6.07) is 10.3. The number of carbonyl (C=O) groups is 1. The van der Waals surface area contributed by atoms with Crippen LogP contribution >= 0.6 is 11.3 Å². The lowest BCUT2D eigenvalue weighted by atomic mass is 9.87. The summed E-state index contributed by atoms with van der Waals surface area (Å²) in [5.74, 6) is -0.229. The third-order valence-corrected chi connectivity index (χ3v) is 5.06. The summed E-state index contributed by atoms with van der Waals surface area (Å²) < 4.78 is 0. The summed E-state index contributed by atoms with van der Waals surface area (Å²) in [6.07, 6.45) is 3.28. The maximum atomic E-state index is 12.1. The Morgan fingerprint density at radius 3 is 2.38 bits per heavy atom. The van der Waals surface area contributed by atoms with Gasteiger partial charge in [-0.05, 0) is 42.0 Å². The van der Waals surface area contributed by atoms with Crippen LogP contribution in [0.1, 0.15) is 47.9 Å². The van der Waals surface area contributed by atoms with Crippen molar-refractivity contribution in [1.29, 1.82) is 5.26 Å². The normalized spacial score (nSPS) is 11.5. The number of nitrogens with zero attached hydrogens (tertiary/aromatic N) is 1. The van der Waals surface area contributed by atoms with Crippen molar-refractivity contribution in [3.8, 4) is 6.07 Å². The molecule has 2 aromatic rings. The van der Waals surface area contributed by atoms with Crippen LogP contribution in [0, 0.1) is 25.2 Å². The van der Waals surface area contributed by atoms with Crippen molar-refractivity contribution in [2.75, 3.05) is 5.32 Å². The highest BCUT2D eigenvalue weighted by Crippen LogP contribution is 2.31. The Morgan fingerprint density at radius 1 is 1.21 bits per heavy atom. The highest BCUT2D eigenvalue weighted by molar-refractivity contribution is 7.16. The number of hydrogen-bond acceptors (Lipinski definition) is 3. The van der Waals surface area contributed by atoms with Crippen LogP contribution in [0.2, 0.25) is 0 Å². The Kier molecular flexibility index (Phi) is 5.26. The average molecular weight is 338 g/mol. The molecule has 1 N–H and O–H groups in total. The van der Waals surface area contributed by atoms with Crippen LogP contribution in [-0.4, -0.2) is 5.91 Å². The zero-order valence-electron chi connectivity index (χ0n) is 14.7. The van der Waals surface area contributed by atoms with Gasteiger partial charge < -0.3 is 5.32 Å². The first-order chi connectivity index (χ1) is 11.2. The molecule has 0 saturated carbocycles. The molecule has 0 unspecified atom stereocenters. The van der Waals surface area contributed by atoms with Crippen molar-refractivity contribution < 1.29 is 4.79 Å². The summed E-state index contributed by atoms with van der Waals surface area (Å²) in [5, 5.41) is 12.6. The number of benzene rings is 1. The molecule has 0 aliphatic heterocycles. The van der Waals surface area contributed by atoms with Gasteiger partial charge in [-0.15, -0.1) is 11.3 Å². The number of nitrogens with one attached hydrogen (secondary N) is 1. The first-order valence-electron chi connectivity index (χ1n) is 7.82. The number of nitriles is 1. The zero-order valence-corrected chi connectivity index (χ0v) is 15.5. The van der Waals surface area contributed by atoms with Gasteiger partial charge in [0.25, 0.3) is 0 Å². The van der Waals surface area contributed by atoms with Crippen LogP contribution in [-0.2, 0) is 10.2 Å². The zero-order chi connectivity index (χ0) is 17.9. The quantitative estimate of drug-likeness (QED) is 0.783. The Labute approximate surface area is 147 Å². The molecule has 1 heterocycles. The van der Waals surface area contributed by atoms with Gasteiger partial charge in [0.1, 0.15) is 11.1 Å². The summed E-state index contributed by atoms with van der Waals surface area (Å²) in [7, 11) is 0. The SMILES string of the molecule is Cc1sc(NC(=O)C=Cc2ccc(C(C)(C)C)cc2)c(C#N)c1C. The second-order valence-electron chi connectivity index (χ2n) is 6.79. The number of thiophene rings is 1. The minimum atomic E-state index is -0.229. The van der Waals surface area contributed by atoms with Gasteiger partial charge in [-0.1, -0.05) is 45.0 Å². The third kappa shape index (κ3) is 4.12. The predicted molar refractivity (Wildman–Crippen MR) is 101 cm³/mol. The van der Waals surface area contributed by atoms with E-state index >= 15 is 0 Å². The van der Waals surface area contributed by atoms with E-state index in [2.05, 4.69) is 44.3 Å². The molecule has 1 amide bonds. The maximum Gasteiger partial charge on any atom is 0.249 e. The van der Waals surface area contributed by atoms with Crippen molar-refractivity contribution in [2.24, 2.45) is 0 Å². The summed E-state index contributed by atoms with van der Waals surface area (Å²) in [6.45, 7) is 10.4. The standard InChI is InChI=1S/C20H22N2OS/c1-13-14(2)24-19(17(13)12-21)22-18(23)11-8-15-6-9-16(10-7-15)20(3,4)5/h6-11H,1-5H3,(H,22,23). The summed E-state index contributed by atoms with van der Waals surface area (Å²) in [4.78, 5) is 13.1. The van der Waals surface area contributed by atoms with E-state index in [1.54, 1.807) is 6.08 Å².